The summed E-state index contributed by atoms with van der Waals surface area (Å²) in [5, 5.41) is 0. The second kappa shape index (κ2) is 5.10. The number of primary amides is 1. The Bertz CT molecular complexity index is 582. The highest BCUT2D eigenvalue weighted by atomic mass is 79.9. The number of carbonyl (C=O) groups excluding carboxylic acids is 1. The number of ether oxygens (including phenoxy) is 1. The number of hydrogen-bond acceptors (Lipinski definition) is 3. The molecule has 18 heavy (non-hydrogen) atoms. The van der Waals surface area contributed by atoms with Gasteiger partial charge in [0, 0.05) is 10.2 Å². The first kappa shape index (κ1) is 12.4. The molecule has 2 rings (SSSR count). The van der Waals surface area contributed by atoms with Crippen LogP contribution in [0.5, 0.6) is 11.5 Å². The Morgan fingerprint density at radius 1 is 1.11 bits per heavy atom. The first-order chi connectivity index (χ1) is 8.56. The standard InChI is InChI=1S/C13H11BrN2O2/c14-8-1-6-12(11(7-8)13(16)17)18-10-4-2-9(15)3-5-10/h1-7H,15H2,(H2,16,17). The minimum atomic E-state index is -0.540. The molecular formula is C13H11BrN2O2. The van der Waals surface area contributed by atoms with Crippen molar-refractivity contribution >= 4 is 27.5 Å². The smallest absolute Gasteiger partial charge is 0.252 e. The molecule has 0 aliphatic heterocycles. The summed E-state index contributed by atoms with van der Waals surface area (Å²) in [6.45, 7) is 0. The number of anilines is 1. The van der Waals surface area contributed by atoms with E-state index in [1.807, 2.05) is 0 Å². The van der Waals surface area contributed by atoms with Crippen LogP contribution in [-0.4, -0.2) is 5.91 Å². The normalized spacial score (nSPS) is 10.1. The molecule has 2 aromatic carbocycles. The molecule has 0 saturated carbocycles. The minimum absolute atomic E-state index is 0.321. The lowest BCUT2D eigenvalue weighted by atomic mass is 10.2. The molecule has 0 atom stereocenters. The molecule has 5 heteroatoms. The van der Waals surface area contributed by atoms with Gasteiger partial charge in [-0.05, 0) is 42.5 Å². The van der Waals surface area contributed by atoms with Gasteiger partial charge in [0.1, 0.15) is 11.5 Å². The van der Waals surface area contributed by atoms with E-state index in [1.165, 1.54) is 0 Å². The molecule has 4 N–H and O–H groups in total. The quantitative estimate of drug-likeness (QED) is 0.856. The van der Waals surface area contributed by atoms with E-state index in [4.69, 9.17) is 16.2 Å². The molecule has 0 heterocycles. The second-order valence-electron chi connectivity index (χ2n) is 3.68. The van der Waals surface area contributed by atoms with Crippen LogP contribution in [0.15, 0.2) is 46.9 Å². The van der Waals surface area contributed by atoms with Crippen LogP contribution >= 0.6 is 15.9 Å². The van der Waals surface area contributed by atoms with Crippen LogP contribution in [0.4, 0.5) is 5.69 Å². The Morgan fingerprint density at radius 3 is 2.39 bits per heavy atom. The predicted octanol–water partition coefficient (Wildman–Crippen LogP) is 2.92. The molecule has 0 aliphatic rings. The summed E-state index contributed by atoms with van der Waals surface area (Å²) in [6.07, 6.45) is 0. The fourth-order valence-corrected chi connectivity index (χ4v) is 1.81. The summed E-state index contributed by atoms with van der Waals surface area (Å²) >= 11 is 3.28. The zero-order valence-corrected chi connectivity index (χ0v) is 11.0. The Kier molecular flexibility index (Phi) is 3.53. The molecule has 0 bridgehead atoms. The third-order valence-corrected chi connectivity index (χ3v) is 2.81. The first-order valence-corrected chi connectivity index (χ1v) is 5.98. The number of halogens is 1. The maximum absolute atomic E-state index is 11.3. The van der Waals surface area contributed by atoms with Crippen molar-refractivity contribution in [2.45, 2.75) is 0 Å². The fourth-order valence-electron chi connectivity index (χ4n) is 1.45. The van der Waals surface area contributed by atoms with Gasteiger partial charge in [-0.25, -0.2) is 0 Å². The highest BCUT2D eigenvalue weighted by molar-refractivity contribution is 9.10. The molecule has 0 radical (unpaired) electrons. The van der Waals surface area contributed by atoms with E-state index in [-0.39, 0.29) is 0 Å². The van der Waals surface area contributed by atoms with Crippen molar-refractivity contribution in [1.82, 2.24) is 0 Å². The molecule has 0 unspecified atom stereocenters. The summed E-state index contributed by atoms with van der Waals surface area (Å²) in [7, 11) is 0. The van der Waals surface area contributed by atoms with Gasteiger partial charge in [0.05, 0.1) is 5.56 Å². The summed E-state index contributed by atoms with van der Waals surface area (Å²) < 4.78 is 6.37. The van der Waals surface area contributed by atoms with Gasteiger partial charge < -0.3 is 16.2 Å². The van der Waals surface area contributed by atoms with Crippen molar-refractivity contribution in [3.8, 4) is 11.5 Å². The van der Waals surface area contributed by atoms with E-state index in [2.05, 4.69) is 15.9 Å². The average Bonchev–Trinajstić information content (AvgIpc) is 2.34. The van der Waals surface area contributed by atoms with Crippen LogP contribution in [0.25, 0.3) is 0 Å². The molecule has 0 aliphatic carbocycles. The summed E-state index contributed by atoms with van der Waals surface area (Å²) in [5.41, 5.74) is 11.9. The van der Waals surface area contributed by atoms with E-state index in [9.17, 15) is 4.79 Å². The molecular weight excluding hydrogens is 296 g/mol. The van der Waals surface area contributed by atoms with Gasteiger partial charge in [0.2, 0.25) is 0 Å². The first-order valence-electron chi connectivity index (χ1n) is 5.19. The monoisotopic (exact) mass is 306 g/mol. The van der Waals surface area contributed by atoms with Crippen LogP contribution in [0.2, 0.25) is 0 Å². The van der Waals surface area contributed by atoms with Gasteiger partial charge in [-0.15, -0.1) is 0 Å². The van der Waals surface area contributed by atoms with Crippen molar-refractivity contribution in [3.05, 3.63) is 52.5 Å². The highest BCUT2D eigenvalue weighted by Gasteiger charge is 2.10. The maximum atomic E-state index is 11.3. The van der Waals surface area contributed by atoms with Crippen LogP contribution in [0.1, 0.15) is 10.4 Å². The van der Waals surface area contributed by atoms with Crippen molar-refractivity contribution in [1.29, 1.82) is 0 Å². The molecule has 0 fully saturated rings. The van der Waals surface area contributed by atoms with Crippen LogP contribution in [0.3, 0.4) is 0 Å². The number of nitrogens with two attached hydrogens (primary N) is 2. The van der Waals surface area contributed by atoms with Crippen LogP contribution in [-0.2, 0) is 0 Å². The lowest BCUT2D eigenvalue weighted by Crippen LogP contribution is -2.12. The fraction of sp³-hybridized carbons (Fsp3) is 0. The minimum Gasteiger partial charge on any atom is -0.457 e. The van der Waals surface area contributed by atoms with Crippen molar-refractivity contribution in [2.75, 3.05) is 5.73 Å². The lowest BCUT2D eigenvalue weighted by Gasteiger charge is -2.09. The van der Waals surface area contributed by atoms with E-state index >= 15 is 0 Å². The molecule has 0 aromatic heterocycles. The highest BCUT2D eigenvalue weighted by Crippen LogP contribution is 2.28. The van der Waals surface area contributed by atoms with E-state index in [0.29, 0.717) is 22.7 Å². The average molecular weight is 307 g/mol. The topological polar surface area (TPSA) is 78.3 Å². The third-order valence-electron chi connectivity index (χ3n) is 2.31. The molecule has 0 spiro atoms. The van der Waals surface area contributed by atoms with Crippen LogP contribution < -0.4 is 16.2 Å². The lowest BCUT2D eigenvalue weighted by molar-refractivity contribution is 0.0998. The number of nitrogen functional groups attached to an aromatic ring is 1. The van der Waals surface area contributed by atoms with Gasteiger partial charge in [-0.2, -0.15) is 0 Å². The van der Waals surface area contributed by atoms with E-state index < -0.39 is 5.91 Å². The summed E-state index contributed by atoms with van der Waals surface area (Å²) in [4.78, 5) is 11.3. The van der Waals surface area contributed by atoms with Gasteiger partial charge in [-0.3, -0.25) is 4.79 Å². The summed E-state index contributed by atoms with van der Waals surface area (Å²) in [5.74, 6) is 0.464. The number of carbonyl (C=O) groups is 1. The zero-order valence-electron chi connectivity index (χ0n) is 9.39. The molecule has 2 aromatic rings. The molecule has 1 amide bonds. The predicted molar refractivity (Wildman–Crippen MR) is 73.6 cm³/mol. The number of hydrogen-bond donors (Lipinski definition) is 2. The molecule has 0 saturated heterocycles. The molecule has 92 valence electrons. The number of rotatable bonds is 3. The van der Waals surface area contributed by atoms with E-state index in [0.717, 1.165) is 4.47 Å². The Morgan fingerprint density at radius 2 is 1.78 bits per heavy atom. The largest absolute Gasteiger partial charge is 0.457 e. The Labute approximate surface area is 113 Å². The summed E-state index contributed by atoms with van der Waals surface area (Å²) in [6, 6.07) is 12.0. The van der Waals surface area contributed by atoms with E-state index in [1.54, 1.807) is 42.5 Å². The van der Waals surface area contributed by atoms with Crippen molar-refractivity contribution in [3.63, 3.8) is 0 Å². The zero-order chi connectivity index (χ0) is 13.1. The van der Waals surface area contributed by atoms with Gasteiger partial charge in [0.15, 0.2) is 0 Å². The maximum Gasteiger partial charge on any atom is 0.252 e. The molecule has 4 nitrogen and oxygen atoms in total. The van der Waals surface area contributed by atoms with Gasteiger partial charge >= 0.3 is 0 Å². The van der Waals surface area contributed by atoms with Crippen molar-refractivity contribution in [2.24, 2.45) is 5.73 Å². The SMILES string of the molecule is NC(=O)c1cc(Br)ccc1Oc1ccc(N)cc1. The Balaban J connectivity index is 2.34. The van der Waals surface area contributed by atoms with Gasteiger partial charge in [0.25, 0.3) is 5.91 Å². The van der Waals surface area contributed by atoms with Gasteiger partial charge in [-0.1, -0.05) is 15.9 Å². The number of benzene rings is 2. The number of amides is 1. The Hall–Kier alpha value is -2.01. The van der Waals surface area contributed by atoms with Crippen LogP contribution in [0, 0.1) is 0 Å². The van der Waals surface area contributed by atoms with Crippen molar-refractivity contribution < 1.29 is 9.53 Å². The third kappa shape index (κ3) is 2.81. The second-order valence-corrected chi connectivity index (χ2v) is 4.59.